The molecule has 0 aromatic rings. The first-order valence-electron chi connectivity index (χ1n) is 20.2. The SMILES string of the molecule is CCCCCCCCC/C=C/CC/C=C/[C@@H](O)C(CO[C@@H]1O[C@H](CO)[C@@H](O)[C@H](O)[C@H]1O)NC(=O)[C@H](O)CCCCCCCCCCCCCC. The van der Waals surface area contributed by atoms with E-state index in [0.717, 1.165) is 32.1 Å². The minimum atomic E-state index is -1.61. The van der Waals surface area contributed by atoms with E-state index in [4.69, 9.17) is 9.47 Å². The first-order valence-corrected chi connectivity index (χ1v) is 20.2. The number of nitrogens with one attached hydrogen (secondary N) is 1. The summed E-state index contributed by atoms with van der Waals surface area (Å²) in [5.41, 5.74) is 0. The minimum absolute atomic E-state index is 0.306. The lowest BCUT2D eigenvalue weighted by Crippen LogP contribution is -2.60. The number of amides is 1. The second-order valence-electron chi connectivity index (χ2n) is 14.2. The van der Waals surface area contributed by atoms with E-state index in [1.807, 2.05) is 6.08 Å². The molecule has 0 radical (unpaired) electrons. The number of hydrogen-bond donors (Lipinski definition) is 7. The summed E-state index contributed by atoms with van der Waals surface area (Å²) in [6, 6.07) is -0.990. The van der Waals surface area contributed by atoms with Gasteiger partial charge in [-0.05, 0) is 32.1 Å². The molecule has 0 aromatic carbocycles. The van der Waals surface area contributed by atoms with E-state index in [-0.39, 0.29) is 6.61 Å². The van der Waals surface area contributed by atoms with Crippen LogP contribution in [0.25, 0.3) is 0 Å². The van der Waals surface area contributed by atoms with Crippen LogP contribution < -0.4 is 5.32 Å². The van der Waals surface area contributed by atoms with Gasteiger partial charge in [-0.2, -0.15) is 0 Å². The smallest absolute Gasteiger partial charge is 0.249 e. The average molecular weight is 714 g/mol. The number of aliphatic hydroxyl groups excluding tert-OH is 6. The van der Waals surface area contributed by atoms with Gasteiger partial charge in [0.1, 0.15) is 30.5 Å². The largest absolute Gasteiger partial charge is 0.394 e. The highest BCUT2D eigenvalue weighted by molar-refractivity contribution is 5.80. The molecule has 0 saturated carbocycles. The zero-order chi connectivity index (χ0) is 36.8. The molecule has 1 fully saturated rings. The Balaban J connectivity index is 2.54. The lowest BCUT2D eigenvalue weighted by atomic mass is 9.99. The summed E-state index contributed by atoms with van der Waals surface area (Å²) in [4.78, 5) is 12.9. The second kappa shape index (κ2) is 31.2. The van der Waals surface area contributed by atoms with Crippen molar-refractivity contribution in [3.63, 3.8) is 0 Å². The third-order valence-electron chi connectivity index (χ3n) is 9.64. The van der Waals surface area contributed by atoms with Crippen molar-refractivity contribution in [2.24, 2.45) is 0 Å². The molecule has 1 aliphatic heterocycles. The third kappa shape index (κ3) is 21.9. The van der Waals surface area contributed by atoms with Crippen LogP contribution in [0.1, 0.15) is 162 Å². The van der Waals surface area contributed by atoms with Gasteiger partial charge in [0.15, 0.2) is 6.29 Å². The molecule has 1 unspecified atom stereocenters. The summed E-state index contributed by atoms with van der Waals surface area (Å²) in [7, 11) is 0. The summed E-state index contributed by atoms with van der Waals surface area (Å²) in [5, 5.41) is 64.3. The molecule has 1 saturated heterocycles. The van der Waals surface area contributed by atoms with E-state index < -0.39 is 61.5 Å². The van der Waals surface area contributed by atoms with Crippen molar-refractivity contribution in [2.75, 3.05) is 13.2 Å². The summed E-state index contributed by atoms with van der Waals surface area (Å²) in [6.07, 6.45) is 24.1. The Morgan fingerprint density at radius 3 is 1.74 bits per heavy atom. The fourth-order valence-electron chi connectivity index (χ4n) is 6.24. The van der Waals surface area contributed by atoms with Crippen LogP contribution in [0.5, 0.6) is 0 Å². The topological polar surface area (TPSA) is 169 Å². The van der Waals surface area contributed by atoms with Gasteiger partial charge in [-0.25, -0.2) is 0 Å². The van der Waals surface area contributed by atoms with E-state index in [2.05, 4.69) is 31.3 Å². The predicted molar refractivity (Wildman–Crippen MR) is 199 cm³/mol. The molecular weight excluding hydrogens is 638 g/mol. The van der Waals surface area contributed by atoms with E-state index in [1.54, 1.807) is 6.08 Å². The fourth-order valence-corrected chi connectivity index (χ4v) is 6.24. The number of ether oxygens (including phenoxy) is 2. The predicted octanol–water partition coefficient (Wildman–Crippen LogP) is 6.13. The molecule has 50 heavy (non-hydrogen) atoms. The molecule has 10 nitrogen and oxygen atoms in total. The number of carbonyl (C=O) groups is 1. The maximum Gasteiger partial charge on any atom is 0.249 e. The fraction of sp³-hybridized carbons (Fsp3) is 0.875. The van der Waals surface area contributed by atoms with E-state index >= 15 is 0 Å². The van der Waals surface area contributed by atoms with Crippen molar-refractivity contribution in [1.82, 2.24) is 5.32 Å². The maximum absolute atomic E-state index is 12.9. The van der Waals surface area contributed by atoms with Gasteiger partial charge in [-0.3, -0.25) is 4.79 Å². The lowest BCUT2D eigenvalue weighted by molar-refractivity contribution is -0.302. The number of carbonyl (C=O) groups excluding carboxylic acids is 1. The first kappa shape index (κ1) is 46.7. The van der Waals surface area contributed by atoms with Gasteiger partial charge in [0.05, 0.1) is 25.4 Å². The highest BCUT2D eigenvalue weighted by atomic mass is 16.7. The molecule has 1 amide bonds. The van der Waals surface area contributed by atoms with Crippen molar-refractivity contribution < 1.29 is 44.9 Å². The number of rotatable bonds is 32. The van der Waals surface area contributed by atoms with Crippen molar-refractivity contribution in [1.29, 1.82) is 0 Å². The maximum atomic E-state index is 12.9. The molecule has 1 heterocycles. The lowest BCUT2D eigenvalue weighted by Gasteiger charge is -2.40. The van der Waals surface area contributed by atoms with Gasteiger partial charge >= 0.3 is 0 Å². The Morgan fingerprint density at radius 1 is 0.680 bits per heavy atom. The van der Waals surface area contributed by atoms with Crippen molar-refractivity contribution in [3.8, 4) is 0 Å². The standard InChI is InChI=1S/C40H75NO9/c1-3-5-7-9-11-13-15-17-19-20-22-24-26-28-33(43)32(31-49-40-38(47)37(46)36(45)35(30-42)50-40)41-39(48)34(44)29-27-25-23-21-18-16-14-12-10-8-6-4-2/h19-20,26,28,32-38,40,42-47H,3-18,21-25,27,29-31H2,1-2H3,(H,41,48)/b20-19+,28-26+/t32?,33-,34-,35-,36-,37+,38-,40-/m1/s1. The molecule has 0 bridgehead atoms. The van der Waals surface area contributed by atoms with Gasteiger partial charge < -0.3 is 45.4 Å². The van der Waals surface area contributed by atoms with Crippen molar-refractivity contribution in [2.45, 2.75) is 210 Å². The molecule has 8 atom stereocenters. The van der Waals surface area contributed by atoms with Crippen LogP contribution in [0.2, 0.25) is 0 Å². The van der Waals surface area contributed by atoms with Crippen LogP contribution in [-0.2, 0) is 14.3 Å². The molecule has 0 spiro atoms. The van der Waals surface area contributed by atoms with Gasteiger partial charge in [-0.15, -0.1) is 0 Å². The number of unbranched alkanes of at least 4 members (excludes halogenated alkanes) is 19. The average Bonchev–Trinajstić information content (AvgIpc) is 3.11. The molecule has 1 aliphatic rings. The summed E-state index contributed by atoms with van der Waals surface area (Å²) >= 11 is 0. The molecule has 294 valence electrons. The van der Waals surface area contributed by atoms with E-state index in [0.29, 0.717) is 19.3 Å². The minimum Gasteiger partial charge on any atom is -0.394 e. The third-order valence-corrected chi connectivity index (χ3v) is 9.64. The highest BCUT2D eigenvalue weighted by Gasteiger charge is 2.44. The first-order chi connectivity index (χ1) is 24.3. The molecule has 7 N–H and O–H groups in total. The Kier molecular flexibility index (Phi) is 29.1. The Bertz CT molecular complexity index is 855. The van der Waals surface area contributed by atoms with Crippen molar-refractivity contribution >= 4 is 5.91 Å². The van der Waals surface area contributed by atoms with Gasteiger partial charge in [0.25, 0.3) is 0 Å². The van der Waals surface area contributed by atoms with E-state index in [9.17, 15) is 35.4 Å². The zero-order valence-corrected chi connectivity index (χ0v) is 31.5. The summed E-state index contributed by atoms with van der Waals surface area (Å²) in [6.45, 7) is 3.54. The highest BCUT2D eigenvalue weighted by Crippen LogP contribution is 2.22. The Morgan fingerprint density at radius 2 is 1.18 bits per heavy atom. The number of aliphatic hydroxyl groups is 6. The molecule has 10 heteroatoms. The van der Waals surface area contributed by atoms with Crippen LogP contribution in [0.4, 0.5) is 0 Å². The van der Waals surface area contributed by atoms with Gasteiger partial charge in [0, 0.05) is 0 Å². The normalized spacial score (nSPS) is 23.1. The van der Waals surface area contributed by atoms with Crippen LogP contribution in [0, 0.1) is 0 Å². The quantitative estimate of drug-likeness (QED) is 0.0320. The van der Waals surface area contributed by atoms with Crippen LogP contribution in [0.3, 0.4) is 0 Å². The number of hydrogen-bond acceptors (Lipinski definition) is 9. The summed E-state index contributed by atoms with van der Waals surface area (Å²) in [5.74, 6) is -0.628. The van der Waals surface area contributed by atoms with Gasteiger partial charge in [0.2, 0.25) is 5.91 Å². The van der Waals surface area contributed by atoms with Gasteiger partial charge in [-0.1, -0.05) is 154 Å². The molecular formula is C40H75NO9. The monoisotopic (exact) mass is 714 g/mol. The second-order valence-corrected chi connectivity index (χ2v) is 14.2. The zero-order valence-electron chi connectivity index (χ0n) is 31.5. The molecule has 0 aromatic heterocycles. The Labute approximate surface area is 303 Å². The number of allylic oxidation sites excluding steroid dienone is 3. The molecule has 0 aliphatic carbocycles. The van der Waals surface area contributed by atoms with Crippen LogP contribution in [-0.4, -0.2) is 98.7 Å². The molecule has 1 rings (SSSR count). The Hall–Kier alpha value is -1.37. The van der Waals surface area contributed by atoms with Crippen LogP contribution in [0.15, 0.2) is 24.3 Å². The summed E-state index contributed by atoms with van der Waals surface area (Å²) < 4.78 is 11.1. The van der Waals surface area contributed by atoms with Crippen LogP contribution >= 0.6 is 0 Å². The van der Waals surface area contributed by atoms with Crippen molar-refractivity contribution in [3.05, 3.63) is 24.3 Å². The van der Waals surface area contributed by atoms with E-state index in [1.165, 1.54) is 96.3 Å².